The van der Waals surface area contributed by atoms with Crippen LogP contribution in [0.4, 0.5) is 0 Å². The number of hydrogen-bond donors (Lipinski definition) is 3. The Bertz CT molecular complexity index is 470. The summed E-state index contributed by atoms with van der Waals surface area (Å²) in [5.41, 5.74) is 6.81. The van der Waals surface area contributed by atoms with E-state index in [1.807, 2.05) is 45.0 Å². The summed E-state index contributed by atoms with van der Waals surface area (Å²) in [4.78, 5) is 22.8. The average molecular weight is 263 g/mol. The minimum atomic E-state index is -0.490. The lowest BCUT2D eigenvalue weighted by molar-refractivity contribution is -0.126. The maximum Gasteiger partial charge on any atom is 0.240 e. The van der Waals surface area contributed by atoms with Gasteiger partial charge in [-0.1, -0.05) is 29.8 Å². The second kappa shape index (κ2) is 6.33. The molecule has 0 aromatic heterocycles. The lowest BCUT2D eigenvalue weighted by Gasteiger charge is -2.27. The molecule has 0 fully saturated rings. The fraction of sp³-hybridized carbons (Fsp3) is 0.429. The quantitative estimate of drug-likeness (QED) is 0.720. The van der Waals surface area contributed by atoms with Crippen molar-refractivity contribution in [3.05, 3.63) is 35.4 Å². The van der Waals surface area contributed by atoms with E-state index >= 15 is 0 Å². The fourth-order valence-corrected chi connectivity index (χ4v) is 1.75. The standard InChI is InChI=1S/C14H21N3O2/c1-10-5-4-6-11(7-10)14(2,3)17-13(19)9-16-12(18)8-15/h4-7H,8-9,15H2,1-3H3,(H,16,18)(H,17,19). The Hall–Kier alpha value is -1.88. The molecule has 104 valence electrons. The molecule has 0 spiro atoms. The summed E-state index contributed by atoms with van der Waals surface area (Å²) in [5.74, 6) is -0.586. The summed E-state index contributed by atoms with van der Waals surface area (Å²) in [6.07, 6.45) is 0. The molecule has 0 atom stereocenters. The Morgan fingerprint density at radius 2 is 1.95 bits per heavy atom. The van der Waals surface area contributed by atoms with E-state index in [-0.39, 0.29) is 24.9 Å². The summed E-state index contributed by atoms with van der Waals surface area (Å²) < 4.78 is 0. The molecule has 0 heterocycles. The first-order valence-corrected chi connectivity index (χ1v) is 6.20. The number of amides is 2. The van der Waals surface area contributed by atoms with E-state index in [2.05, 4.69) is 10.6 Å². The van der Waals surface area contributed by atoms with Crippen LogP contribution in [0.1, 0.15) is 25.0 Å². The van der Waals surface area contributed by atoms with Crippen molar-refractivity contribution in [1.82, 2.24) is 10.6 Å². The molecular formula is C14H21N3O2. The van der Waals surface area contributed by atoms with Crippen molar-refractivity contribution in [2.45, 2.75) is 26.3 Å². The Balaban J connectivity index is 2.64. The molecule has 1 aromatic carbocycles. The van der Waals surface area contributed by atoms with Crippen LogP contribution < -0.4 is 16.4 Å². The first-order chi connectivity index (χ1) is 8.85. The summed E-state index contributed by atoms with van der Waals surface area (Å²) in [7, 11) is 0. The fourth-order valence-electron chi connectivity index (χ4n) is 1.75. The highest BCUT2D eigenvalue weighted by Crippen LogP contribution is 2.20. The van der Waals surface area contributed by atoms with Crippen LogP contribution in [0.5, 0.6) is 0 Å². The molecular weight excluding hydrogens is 242 g/mol. The molecule has 0 unspecified atom stereocenters. The van der Waals surface area contributed by atoms with Crippen LogP contribution in [0.3, 0.4) is 0 Å². The molecule has 1 rings (SSSR count). The van der Waals surface area contributed by atoms with Gasteiger partial charge in [0.2, 0.25) is 11.8 Å². The third-order valence-corrected chi connectivity index (χ3v) is 2.82. The van der Waals surface area contributed by atoms with Gasteiger partial charge in [-0.3, -0.25) is 9.59 Å². The number of aryl methyl sites for hydroxylation is 1. The van der Waals surface area contributed by atoms with Crippen molar-refractivity contribution < 1.29 is 9.59 Å². The minimum Gasteiger partial charge on any atom is -0.346 e. The molecule has 2 amide bonds. The molecule has 5 nitrogen and oxygen atoms in total. The number of hydrogen-bond acceptors (Lipinski definition) is 3. The zero-order valence-electron chi connectivity index (χ0n) is 11.6. The molecule has 0 bridgehead atoms. The normalized spacial score (nSPS) is 10.9. The van der Waals surface area contributed by atoms with Crippen LogP contribution in [0.15, 0.2) is 24.3 Å². The molecule has 0 aliphatic heterocycles. The molecule has 5 heteroatoms. The SMILES string of the molecule is Cc1cccc(C(C)(C)NC(=O)CNC(=O)CN)c1. The topological polar surface area (TPSA) is 84.2 Å². The van der Waals surface area contributed by atoms with Gasteiger partial charge in [-0.2, -0.15) is 0 Å². The predicted molar refractivity (Wildman–Crippen MR) is 74.4 cm³/mol. The van der Waals surface area contributed by atoms with Gasteiger partial charge in [0, 0.05) is 0 Å². The van der Waals surface area contributed by atoms with Gasteiger partial charge < -0.3 is 16.4 Å². The second-order valence-electron chi connectivity index (χ2n) is 5.02. The molecule has 4 N–H and O–H groups in total. The Labute approximate surface area is 113 Å². The first kappa shape index (κ1) is 15.2. The maximum absolute atomic E-state index is 11.8. The maximum atomic E-state index is 11.8. The molecule has 19 heavy (non-hydrogen) atoms. The molecule has 0 saturated carbocycles. The van der Waals surface area contributed by atoms with E-state index in [0.717, 1.165) is 11.1 Å². The third-order valence-electron chi connectivity index (χ3n) is 2.82. The van der Waals surface area contributed by atoms with Gasteiger partial charge in [0.05, 0.1) is 18.6 Å². The van der Waals surface area contributed by atoms with Gasteiger partial charge in [0.15, 0.2) is 0 Å². The van der Waals surface area contributed by atoms with Crippen LogP contribution >= 0.6 is 0 Å². The predicted octanol–water partition coefficient (Wildman–Crippen LogP) is 0.421. The van der Waals surface area contributed by atoms with E-state index in [9.17, 15) is 9.59 Å². The molecule has 0 aliphatic rings. The van der Waals surface area contributed by atoms with Crippen LogP contribution in [0.25, 0.3) is 0 Å². The summed E-state index contributed by atoms with van der Waals surface area (Å²) in [5, 5.41) is 5.33. The lowest BCUT2D eigenvalue weighted by Crippen LogP contribution is -2.46. The molecule has 1 aromatic rings. The summed E-state index contributed by atoms with van der Waals surface area (Å²) in [6.45, 7) is 5.66. The van der Waals surface area contributed by atoms with Crippen molar-refractivity contribution in [3.8, 4) is 0 Å². The lowest BCUT2D eigenvalue weighted by atomic mass is 9.93. The van der Waals surface area contributed by atoms with E-state index < -0.39 is 5.54 Å². The third kappa shape index (κ3) is 4.71. The van der Waals surface area contributed by atoms with Gasteiger partial charge >= 0.3 is 0 Å². The van der Waals surface area contributed by atoms with Crippen LogP contribution in [-0.4, -0.2) is 24.9 Å². The Morgan fingerprint density at radius 3 is 2.53 bits per heavy atom. The summed E-state index contributed by atoms with van der Waals surface area (Å²) >= 11 is 0. The average Bonchev–Trinajstić information content (AvgIpc) is 2.35. The van der Waals surface area contributed by atoms with Gasteiger partial charge in [-0.05, 0) is 26.3 Å². The zero-order valence-corrected chi connectivity index (χ0v) is 11.6. The number of carbonyl (C=O) groups excluding carboxylic acids is 2. The van der Waals surface area contributed by atoms with Gasteiger partial charge in [-0.15, -0.1) is 0 Å². The minimum absolute atomic E-state index is 0.0642. The number of nitrogens with two attached hydrogens (primary N) is 1. The van der Waals surface area contributed by atoms with E-state index in [1.165, 1.54) is 0 Å². The highest BCUT2D eigenvalue weighted by Gasteiger charge is 2.22. The van der Waals surface area contributed by atoms with Crippen molar-refractivity contribution in [2.24, 2.45) is 5.73 Å². The largest absolute Gasteiger partial charge is 0.346 e. The highest BCUT2D eigenvalue weighted by atomic mass is 16.2. The smallest absolute Gasteiger partial charge is 0.240 e. The van der Waals surface area contributed by atoms with E-state index in [4.69, 9.17) is 5.73 Å². The van der Waals surface area contributed by atoms with Crippen LogP contribution in [-0.2, 0) is 15.1 Å². The van der Waals surface area contributed by atoms with Crippen molar-refractivity contribution in [1.29, 1.82) is 0 Å². The highest BCUT2D eigenvalue weighted by molar-refractivity contribution is 5.85. The molecule has 0 radical (unpaired) electrons. The van der Waals surface area contributed by atoms with Crippen LogP contribution in [0.2, 0.25) is 0 Å². The van der Waals surface area contributed by atoms with Crippen molar-refractivity contribution in [3.63, 3.8) is 0 Å². The second-order valence-corrected chi connectivity index (χ2v) is 5.02. The zero-order chi connectivity index (χ0) is 14.5. The molecule has 0 aliphatic carbocycles. The number of benzene rings is 1. The first-order valence-electron chi connectivity index (χ1n) is 6.20. The summed E-state index contributed by atoms with van der Waals surface area (Å²) in [6, 6.07) is 7.95. The van der Waals surface area contributed by atoms with Gasteiger partial charge in [0.1, 0.15) is 0 Å². The van der Waals surface area contributed by atoms with Crippen molar-refractivity contribution >= 4 is 11.8 Å². The van der Waals surface area contributed by atoms with Crippen LogP contribution in [0, 0.1) is 6.92 Å². The van der Waals surface area contributed by atoms with Crippen molar-refractivity contribution in [2.75, 3.05) is 13.1 Å². The number of rotatable bonds is 5. The van der Waals surface area contributed by atoms with Gasteiger partial charge in [0.25, 0.3) is 0 Å². The number of nitrogens with one attached hydrogen (secondary N) is 2. The molecule has 0 saturated heterocycles. The number of carbonyl (C=O) groups is 2. The van der Waals surface area contributed by atoms with Gasteiger partial charge in [-0.25, -0.2) is 0 Å². The Kier molecular flexibility index (Phi) is 5.06. The van der Waals surface area contributed by atoms with E-state index in [0.29, 0.717) is 0 Å². The van der Waals surface area contributed by atoms with E-state index in [1.54, 1.807) is 0 Å². The monoisotopic (exact) mass is 263 g/mol. The Morgan fingerprint density at radius 1 is 1.26 bits per heavy atom.